The van der Waals surface area contributed by atoms with E-state index in [2.05, 4.69) is 44.2 Å². The first kappa shape index (κ1) is 20.0. The second kappa shape index (κ2) is 9.51. The lowest BCUT2D eigenvalue weighted by molar-refractivity contribution is 0.0810. The smallest absolute Gasteiger partial charge is 0.119 e. The van der Waals surface area contributed by atoms with Crippen molar-refractivity contribution >= 4 is 0 Å². The van der Waals surface area contributed by atoms with Gasteiger partial charge in [0.2, 0.25) is 0 Å². The van der Waals surface area contributed by atoms with Gasteiger partial charge in [-0.2, -0.15) is 0 Å². The van der Waals surface area contributed by atoms with Gasteiger partial charge in [-0.05, 0) is 124 Å². The Labute approximate surface area is 173 Å². The van der Waals surface area contributed by atoms with Crippen LogP contribution < -0.4 is 4.74 Å². The summed E-state index contributed by atoms with van der Waals surface area (Å²) in [5.74, 6) is 5.91. The maximum atomic E-state index is 5.94. The zero-order valence-electron chi connectivity index (χ0n) is 18.2. The molecule has 0 aromatic heterocycles. The van der Waals surface area contributed by atoms with E-state index in [9.17, 15) is 0 Å². The lowest BCUT2D eigenvalue weighted by Crippen LogP contribution is -2.34. The molecule has 0 saturated heterocycles. The molecule has 1 aromatic rings. The van der Waals surface area contributed by atoms with Crippen molar-refractivity contribution in [3.8, 4) is 5.75 Å². The van der Waals surface area contributed by atoms with Crippen molar-refractivity contribution in [2.45, 2.75) is 84.5 Å². The molecule has 5 unspecified atom stereocenters. The minimum atomic E-state index is 0.859. The average Bonchev–Trinajstić information content (AvgIpc) is 2.73. The Hall–Kier alpha value is -1.24. The van der Waals surface area contributed by atoms with Crippen molar-refractivity contribution < 1.29 is 4.74 Å². The van der Waals surface area contributed by atoms with E-state index in [1.165, 1.54) is 64.2 Å². The normalized spacial score (nSPS) is 32.7. The van der Waals surface area contributed by atoms with Crippen molar-refractivity contribution in [2.24, 2.45) is 29.6 Å². The van der Waals surface area contributed by atoms with Crippen LogP contribution in [0.1, 0.15) is 82.8 Å². The molecular weight excluding hydrogens is 340 g/mol. The number of hydrogen-bond donors (Lipinski definition) is 0. The van der Waals surface area contributed by atoms with Crippen LogP contribution in [0.4, 0.5) is 0 Å². The highest BCUT2D eigenvalue weighted by Gasteiger charge is 2.38. The first-order chi connectivity index (χ1) is 13.8. The Morgan fingerprint density at radius 3 is 2.54 bits per heavy atom. The van der Waals surface area contributed by atoms with Crippen LogP contribution in [0, 0.1) is 29.6 Å². The molecule has 4 rings (SSSR count). The van der Waals surface area contributed by atoms with E-state index in [1.54, 1.807) is 11.1 Å². The van der Waals surface area contributed by atoms with Gasteiger partial charge in [-0.15, -0.1) is 0 Å². The third-order valence-electron chi connectivity index (χ3n) is 8.04. The van der Waals surface area contributed by atoms with Crippen LogP contribution in [-0.2, 0) is 12.8 Å². The van der Waals surface area contributed by atoms with E-state index < -0.39 is 0 Å². The quantitative estimate of drug-likeness (QED) is 0.369. The van der Waals surface area contributed by atoms with Crippen molar-refractivity contribution in [3.63, 3.8) is 0 Å². The van der Waals surface area contributed by atoms with Gasteiger partial charge in [-0.1, -0.05) is 31.6 Å². The monoisotopic (exact) mass is 380 g/mol. The molecule has 2 fully saturated rings. The third-order valence-corrected chi connectivity index (χ3v) is 8.04. The molecule has 0 heterocycles. The zero-order chi connectivity index (χ0) is 19.3. The summed E-state index contributed by atoms with van der Waals surface area (Å²) < 4.78 is 5.94. The largest absolute Gasteiger partial charge is 0.494 e. The molecule has 3 aliphatic rings. The molecule has 1 nitrogen and oxygen atoms in total. The summed E-state index contributed by atoms with van der Waals surface area (Å²) in [4.78, 5) is 0. The molecule has 0 aliphatic heterocycles. The maximum Gasteiger partial charge on any atom is 0.119 e. The summed E-state index contributed by atoms with van der Waals surface area (Å²) in [6, 6.07) is 6.92. The number of hydrogen-bond acceptors (Lipinski definition) is 1. The van der Waals surface area contributed by atoms with E-state index in [4.69, 9.17) is 4.74 Å². The van der Waals surface area contributed by atoms with Crippen molar-refractivity contribution in [2.75, 3.05) is 6.61 Å². The van der Waals surface area contributed by atoms with Gasteiger partial charge in [0, 0.05) is 0 Å². The Kier molecular flexibility index (Phi) is 6.81. The van der Waals surface area contributed by atoms with E-state index in [-0.39, 0.29) is 0 Å². The Morgan fingerprint density at radius 2 is 1.71 bits per heavy atom. The van der Waals surface area contributed by atoms with Crippen LogP contribution in [0.2, 0.25) is 0 Å². The highest BCUT2D eigenvalue weighted by Crippen LogP contribution is 2.48. The number of allylic oxidation sites excluding steroid dienone is 2. The SMILES string of the molecule is CC=CC1CCC2CC(C3CCc4cc(OCCCC)ccc4C3)CCC2C1. The number of rotatable bonds is 6. The summed E-state index contributed by atoms with van der Waals surface area (Å²) in [6.07, 6.45) is 20.0. The average molecular weight is 381 g/mol. The number of fused-ring (bicyclic) bond motifs is 2. The van der Waals surface area contributed by atoms with Crippen molar-refractivity contribution in [3.05, 3.63) is 41.5 Å². The first-order valence-electron chi connectivity index (χ1n) is 12.1. The van der Waals surface area contributed by atoms with Gasteiger partial charge in [0.05, 0.1) is 6.61 Å². The highest BCUT2D eigenvalue weighted by atomic mass is 16.5. The topological polar surface area (TPSA) is 9.23 Å². The van der Waals surface area contributed by atoms with Gasteiger partial charge in [0.25, 0.3) is 0 Å². The molecule has 28 heavy (non-hydrogen) atoms. The van der Waals surface area contributed by atoms with Crippen LogP contribution in [0.5, 0.6) is 5.75 Å². The predicted molar refractivity (Wildman–Crippen MR) is 119 cm³/mol. The van der Waals surface area contributed by atoms with Crippen molar-refractivity contribution in [1.29, 1.82) is 0 Å². The van der Waals surface area contributed by atoms with Gasteiger partial charge in [-0.3, -0.25) is 0 Å². The van der Waals surface area contributed by atoms with E-state index in [1.807, 2.05) is 0 Å². The van der Waals surface area contributed by atoms with Gasteiger partial charge in [0.1, 0.15) is 5.75 Å². The third kappa shape index (κ3) is 4.66. The molecule has 3 aliphatic carbocycles. The fourth-order valence-electron chi connectivity index (χ4n) is 6.42. The summed E-state index contributed by atoms with van der Waals surface area (Å²) >= 11 is 0. The summed E-state index contributed by atoms with van der Waals surface area (Å²) in [5, 5.41) is 0. The zero-order valence-corrected chi connectivity index (χ0v) is 18.2. The van der Waals surface area contributed by atoms with Crippen LogP contribution >= 0.6 is 0 Å². The lowest BCUT2D eigenvalue weighted by atomic mass is 9.61. The van der Waals surface area contributed by atoms with Gasteiger partial charge in [0.15, 0.2) is 0 Å². The van der Waals surface area contributed by atoms with Crippen LogP contribution in [0.15, 0.2) is 30.4 Å². The molecule has 0 spiro atoms. The van der Waals surface area contributed by atoms with Crippen LogP contribution in [0.3, 0.4) is 0 Å². The molecule has 0 amide bonds. The van der Waals surface area contributed by atoms with Gasteiger partial charge in [-0.25, -0.2) is 0 Å². The molecule has 0 bridgehead atoms. The van der Waals surface area contributed by atoms with E-state index in [0.717, 1.165) is 48.4 Å². The lowest BCUT2D eigenvalue weighted by Gasteiger charge is -2.44. The molecule has 2 saturated carbocycles. The molecular formula is C27H40O. The second-order valence-corrected chi connectivity index (χ2v) is 9.83. The number of ether oxygens (including phenoxy) is 1. The Morgan fingerprint density at radius 1 is 0.929 bits per heavy atom. The number of benzene rings is 1. The molecule has 5 atom stereocenters. The molecule has 0 N–H and O–H groups in total. The maximum absolute atomic E-state index is 5.94. The van der Waals surface area contributed by atoms with E-state index in [0.29, 0.717) is 0 Å². The molecule has 0 radical (unpaired) electrons. The fraction of sp³-hybridized carbons (Fsp3) is 0.704. The van der Waals surface area contributed by atoms with Crippen LogP contribution in [-0.4, -0.2) is 6.61 Å². The first-order valence-corrected chi connectivity index (χ1v) is 12.1. The van der Waals surface area contributed by atoms with Gasteiger partial charge < -0.3 is 4.74 Å². The van der Waals surface area contributed by atoms with Crippen LogP contribution in [0.25, 0.3) is 0 Å². The summed E-state index contributed by atoms with van der Waals surface area (Å²) in [6.45, 7) is 5.26. The summed E-state index contributed by atoms with van der Waals surface area (Å²) in [7, 11) is 0. The minimum Gasteiger partial charge on any atom is -0.494 e. The fourth-order valence-corrected chi connectivity index (χ4v) is 6.42. The second-order valence-electron chi connectivity index (χ2n) is 9.83. The highest BCUT2D eigenvalue weighted by molar-refractivity contribution is 5.37. The standard InChI is InChI=1S/C27H40O/c1-3-5-15-28-27-14-13-25-18-24(11-12-26(25)19-27)23-10-9-21-16-20(6-4-2)7-8-22(21)17-23/h4,6,13-14,19-24H,3,5,7-12,15-18H2,1-2H3. The molecule has 154 valence electrons. The van der Waals surface area contributed by atoms with E-state index >= 15 is 0 Å². The predicted octanol–water partition coefficient (Wildman–Crippen LogP) is 7.38. The van der Waals surface area contributed by atoms with Gasteiger partial charge >= 0.3 is 0 Å². The minimum absolute atomic E-state index is 0.859. The Balaban J connectivity index is 1.32. The Bertz CT molecular complexity index is 660. The number of unbranched alkanes of at least 4 members (excludes halogenated alkanes) is 1. The molecule has 1 aromatic carbocycles. The van der Waals surface area contributed by atoms with Crippen molar-refractivity contribution in [1.82, 2.24) is 0 Å². The number of aryl methyl sites for hydroxylation is 1. The summed E-state index contributed by atoms with van der Waals surface area (Å²) in [5.41, 5.74) is 3.17. The molecule has 1 heteroatoms.